The average Bonchev–Trinajstić information content (AvgIpc) is 2.77. The van der Waals surface area contributed by atoms with Gasteiger partial charge in [-0.1, -0.05) is 0 Å². The molecule has 0 radical (unpaired) electrons. The first-order valence-corrected chi connectivity index (χ1v) is 6.56. The van der Waals surface area contributed by atoms with E-state index >= 15 is 0 Å². The van der Waals surface area contributed by atoms with Crippen LogP contribution < -0.4 is 16.6 Å². The van der Waals surface area contributed by atoms with Crippen molar-refractivity contribution in [2.75, 3.05) is 12.0 Å². The minimum absolute atomic E-state index is 0.130. The number of ether oxygens (including phenoxy) is 1. The third kappa shape index (κ3) is 2.96. The summed E-state index contributed by atoms with van der Waals surface area (Å²) in [6.07, 6.45) is 0.551. The molecule has 1 amide bonds. The van der Waals surface area contributed by atoms with Crippen molar-refractivity contribution in [2.45, 2.75) is 31.9 Å². The van der Waals surface area contributed by atoms with Crippen LogP contribution in [0.25, 0.3) is 0 Å². The summed E-state index contributed by atoms with van der Waals surface area (Å²) in [7, 11) is 0. The summed E-state index contributed by atoms with van der Waals surface area (Å²) in [4.78, 5) is 22.7. The smallest absolute Gasteiger partial charge is 0.270 e. The molecule has 21 heavy (non-hydrogen) atoms. The zero-order valence-corrected chi connectivity index (χ0v) is 11.9. The molecule has 0 saturated carbocycles. The number of nitro groups is 1. The largest absolute Gasteiger partial charge is 0.376 e. The first-order chi connectivity index (χ1) is 9.87. The van der Waals surface area contributed by atoms with Gasteiger partial charge in [0.15, 0.2) is 0 Å². The number of hydrazine groups is 1. The summed E-state index contributed by atoms with van der Waals surface area (Å²) >= 11 is 0. The van der Waals surface area contributed by atoms with Gasteiger partial charge in [-0.15, -0.1) is 0 Å². The zero-order valence-electron chi connectivity index (χ0n) is 11.9. The Labute approximate surface area is 121 Å². The molecular weight excluding hydrogens is 276 g/mol. The second kappa shape index (κ2) is 5.66. The van der Waals surface area contributed by atoms with E-state index in [0.717, 1.165) is 0 Å². The number of carbonyl (C=O) groups excluding carboxylic acids is 1. The number of anilines is 1. The van der Waals surface area contributed by atoms with Gasteiger partial charge in [0.2, 0.25) is 0 Å². The SMILES string of the molecule is CC1OCCC1(C)NC(=O)c1cc([N+](=O)[O-])ccc1NN. The maximum atomic E-state index is 12.4. The van der Waals surface area contributed by atoms with Gasteiger partial charge in [0, 0.05) is 18.7 Å². The molecule has 0 aliphatic carbocycles. The van der Waals surface area contributed by atoms with E-state index < -0.39 is 16.4 Å². The van der Waals surface area contributed by atoms with Crippen LogP contribution in [0.2, 0.25) is 0 Å². The average molecular weight is 294 g/mol. The number of rotatable bonds is 4. The fraction of sp³-hybridized carbons (Fsp3) is 0.462. The Morgan fingerprint density at radius 1 is 1.57 bits per heavy atom. The molecule has 1 aromatic carbocycles. The number of nitrogens with one attached hydrogen (secondary N) is 2. The lowest BCUT2D eigenvalue weighted by Gasteiger charge is -2.29. The molecule has 2 atom stereocenters. The van der Waals surface area contributed by atoms with Crippen LogP contribution in [-0.2, 0) is 4.74 Å². The van der Waals surface area contributed by atoms with Gasteiger partial charge in [-0.25, -0.2) is 0 Å². The molecule has 2 unspecified atom stereocenters. The molecular formula is C13H18N4O4. The molecule has 4 N–H and O–H groups in total. The number of hydrogen-bond donors (Lipinski definition) is 3. The van der Waals surface area contributed by atoms with Crippen molar-refractivity contribution in [3.8, 4) is 0 Å². The first kappa shape index (κ1) is 15.2. The monoisotopic (exact) mass is 294 g/mol. The third-order valence-corrected chi connectivity index (χ3v) is 3.90. The summed E-state index contributed by atoms with van der Waals surface area (Å²) < 4.78 is 5.46. The van der Waals surface area contributed by atoms with Crippen LogP contribution in [0.3, 0.4) is 0 Å². The lowest BCUT2D eigenvalue weighted by molar-refractivity contribution is -0.384. The van der Waals surface area contributed by atoms with Gasteiger partial charge < -0.3 is 15.5 Å². The fourth-order valence-electron chi connectivity index (χ4n) is 2.29. The Morgan fingerprint density at radius 3 is 2.81 bits per heavy atom. The highest BCUT2D eigenvalue weighted by Crippen LogP contribution is 2.27. The Balaban J connectivity index is 2.29. The predicted molar refractivity (Wildman–Crippen MR) is 76.8 cm³/mol. The lowest BCUT2D eigenvalue weighted by atomic mass is 9.94. The number of nitro benzene ring substituents is 1. The van der Waals surface area contributed by atoms with Crippen molar-refractivity contribution < 1.29 is 14.5 Å². The summed E-state index contributed by atoms with van der Waals surface area (Å²) in [5.74, 6) is 4.93. The summed E-state index contributed by atoms with van der Waals surface area (Å²) in [5, 5.41) is 13.7. The molecule has 0 aromatic heterocycles. The highest BCUT2D eigenvalue weighted by molar-refractivity contribution is 6.00. The maximum Gasteiger partial charge on any atom is 0.270 e. The molecule has 8 nitrogen and oxygen atoms in total. The molecule has 0 spiro atoms. The standard InChI is InChI=1S/C13H18N4O4/c1-8-13(2,5-6-21-8)15-12(18)10-7-9(17(19)20)3-4-11(10)16-14/h3-4,7-8,16H,5-6,14H2,1-2H3,(H,15,18). The van der Waals surface area contributed by atoms with Crippen LogP contribution in [0.4, 0.5) is 11.4 Å². The van der Waals surface area contributed by atoms with Gasteiger partial charge >= 0.3 is 0 Å². The van der Waals surface area contributed by atoms with E-state index in [9.17, 15) is 14.9 Å². The molecule has 1 aliphatic rings. The summed E-state index contributed by atoms with van der Waals surface area (Å²) in [5.41, 5.74) is 2.16. The van der Waals surface area contributed by atoms with E-state index in [1.165, 1.54) is 18.2 Å². The van der Waals surface area contributed by atoms with Crippen LogP contribution in [0, 0.1) is 10.1 Å². The quantitative estimate of drug-likeness (QED) is 0.436. The van der Waals surface area contributed by atoms with Gasteiger partial charge in [-0.05, 0) is 26.3 Å². The molecule has 114 valence electrons. The fourth-order valence-corrected chi connectivity index (χ4v) is 2.29. The molecule has 1 aliphatic heterocycles. The number of carbonyl (C=O) groups is 1. The first-order valence-electron chi connectivity index (χ1n) is 6.56. The highest BCUT2D eigenvalue weighted by atomic mass is 16.6. The van der Waals surface area contributed by atoms with Crippen LogP contribution in [-0.4, -0.2) is 29.1 Å². The van der Waals surface area contributed by atoms with Crippen molar-refractivity contribution in [3.05, 3.63) is 33.9 Å². The maximum absolute atomic E-state index is 12.4. The van der Waals surface area contributed by atoms with E-state index in [1.54, 1.807) is 0 Å². The lowest BCUT2D eigenvalue weighted by Crippen LogP contribution is -2.50. The number of nitrogen functional groups attached to an aromatic ring is 1. The molecule has 0 bridgehead atoms. The Kier molecular flexibility index (Phi) is 4.10. The second-order valence-electron chi connectivity index (χ2n) is 5.27. The summed E-state index contributed by atoms with van der Waals surface area (Å²) in [6, 6.07) is 3.90. The van der Waals surface area contributed by atoms with Gasteiger partial charge in [-0.3, -0.25) is 20.8 Å². The minimum atomic E-state index is -0.555. The van der Waals surface area contributed by atoms with Crippen molar-refractivity contribution in [2.24, 2.45) is 5.84 Å². The van der Waals surface area contributed by atoms with E-state index in [2.05, 4.69) is 10.7 Å². The van der Waals surface area contributed by atoms with E-state index in [1.807, 2.05) is 13.8 Å². The molecule has 1 heterocycles. The molecule has 8 heteroatoms. The molecule has 1 aromatic rings. The number of benzene rings is 1. The van der Waals surface area contributed by atoms with Crippen molar-refractivity contribution >= 4 is 17.3 Å². The number of nitrogens with zero attached hydrogens (tertiary/aromatic N) is 1. The number of non-ortho nitro benzene ring substituents is 1. The van der Waals surface area contributed by atoms with Crippen LogP contribution in [0.5, 0.6) is 0 Å². The highest BCUT2D eigenvalue weighted by Gasteiger charge is 2.38. The minimum Gasteiger partial charge on any atom is -0.376 e. The normalized spacial score (nSPS) is 24.6. The van der Waals surface area contributed by atoms with E-state index in [-0.39, 0.29) is 17.4 Å². The van der Waals surface area contributed by atoms with Gasteiger partial charge in [0.25, 0.3) is 11.6 Å². The summed E-state index contributed by atoms with van der Waals surface area (Å²) in [6.45, 7) is 4.33. The van der Waals surface area contributed by atoms with Crippen molar-refractivity contribution in [1.82, 2.24) is 5.32 Å². The van der Waals surface area contributed by atoms with Gasteiger partial charge in [-0.2, -0.15) is 0 Å². The molecule has 1 fully saturated rings. The zero-order chi connectivity index (χ0) is 15.6. The number of nitrogens with two attached hydrogens (primary N) is 1. The topological polar surface area (TPSA) is 120 Å². The number of amides is 1. The Morgan fingerprint density at radius 2 is 2.29 bits per heavy atom. The Hall–Kier alpha value is -2.19. The van der Waals surface area contributed by atoms with Crippen molar-refractivity contribution in [3.63, 3.8) is 0 Å². The third-order valence-electron chi connectivity index (χ3n) is 3.90. The van der Waals surface area contributed by atoms with Gasteiger partial charge in [0.1, 0.15) is 0 Å². The molecule has 2 rings (SSSR count). The second-order valence-corrected chi connectivity index (χ2v) is 5.27. The Bertz CT molecular complexity index is 577. The van der Waals surface area contributed by atoms with Gasteiger partial charge in [0.05, 0.1) is 27.8 Å². The molecule has 1 saturated heterocycles. The van der Waals surface area contributed by atoms with Crippen LogP contribution in [0.1, 0.15) is 30.6 Å². The number of hydrogen-bond acceptors (Lipinski definition) is 6. The van der Waals surface area contributed by atoms with Crippen molar-refractivity contribution in [1.29, 1.82) is 0 Å². The van der Waals surface area contributed by atoms with E-state index in [0.29, 0.717) is 18.7 Å². The van der Waals surface area contributed by atoms with Crippen LogP contribution in [0.15, 0.2) is 18.2 Å². The van der Waals surface area contributed by atoms with E-state index in [4.69, 9.17) is 10.6 Å². The predicted octanol–water partition coefficient (Wildman–Crippen LogP) is 1.18. The van der Waals surface area contributed by atoms with Crippen LogP contribution >= 0.6 is 0 Å².